The van der Waals surface area contributed by atoms with Gasteiger partial charge in [-0.25, -0.2) is 4.79 Å². The number of amides is 2. The summed E-state index contributed by atoms with van der Waals surface area (Å²) in [6.07, 6.45) is 7.40. The fraction of sp³-hybridized carbons (Fsp3) is 0.600. The molecule has 25 heavy (non-hydrogen) atoms. The maximum absolute atomic E-state index is 12.3. The van der Waals surface area contributed by atoms with E-state index >= 15 is 0 Å². The molecule has 2 amide bonds. The monoisotopic (exact) mass is 344 g/mol. The number of esters is 1. The first kappa shape index (κ1) is 17.8. The van der Waals surface area contributed by atoms with Gasteiger partial charge in [0.2, 0.25) is 0 Å². The van der Waals surface area contributed by atoms with Crippen LogP contribution < -0.4 is 10.6 Å². The lowest BCUT2D eigenvalue weighted by Crippen LogP contribution is -2.48. The zero-order valence-electron chi connectivity index (χ0n) is 15.1. The van der Waals surface area contributed by atoms with Crippen LogP contribution in [-0.2, 0) is 14.9 Å². The molecule has 1 aromatic carbocycles. The predicted molar refractivity (Wildman–Crippen MR) is 96.3 cm³/mol. The number of rotatable bonds is 5. The number of nitrogens with one attached hydrogen (secondary N) is 2. The fourth-order valence-electron chi connectivity index (χ4n) is 4.15. The van der Waals surface area contributed by atoms with Gasteiger partial charge in [0.15, 0.2) is 0 Å². The van der Waals surface area contributed by atoms with Crippen molar-refractivity contribution in [2.24, 2.45) is 5.41 Å². The molecule has 2 N–H and O–H groups in total. The summed E-state index contributed by atoms with van der Waals surface area (Å²) in [7, 11) is 1.38. The van der Waals surface area contributed by atoms with Crippen LogP contribution in [0, 0.1) is 5.41 Å². The van der Waals surface area contributed by atoms with Gasteiger partial charge in [0.05, 0.1) is 7.11 Å². The van der Waals surface area contributed by atoms with Crippen LogP contribution in [0.4, 0.5) is 4.79 Å². The summed E-state index contributed by atoms with van der Waals surface area (Å²) >= 11 is 0. The molecule has 5 nitrogen and oxygen atoms in total. The van der Waals surface area contributed by atoms with Crippen LogP contribution in [0.15, 0.2) is 30.3 Å². The molecule has 136 valence electrons. The third-order valence-electron chi connectivity index (χ3n) is 5.99. The topological polar surface area (TPSA) is 67.4 Å². The molecule has 0 radical (unpaired) electrons. The Hall–Kier alpha value is -2.04. The van der Waals surface area contributed by atoms with Gasteiger partial charge in [-0.1, -0.05) is 49.6 Å². The number of hydrogen-bond acceptors (Lipinski definition) is 3. The molecule has 0 heterocycles. The van der Waals surface area contributed by atoms with E-state index < -0.39 is 5.41 Å². The summed E-state index contributed by atoms with van der Waals surface area (Å²) in [6, 6.07) is 9.52. The first-order valence-electron chi connectivity index (χ1n) is 9.18. The van der Waals surface area contributed by atoms with Gasteiger partial charge in [0, 0.05) is 12.6 Å². The van der Waals surface area contributed by atoms with E-state index in [1.807, 2.05) is 30.3 Å². The lowest BCUT2D eigenvalue weighted by atomic mass is 9.82. The van der Waals surface area contributed by atoms with Gasteiger partial charge < -0.3 is 15.4 Å². The van der Waals surface area contributed by atoms with Gasteiger partial charge in [-0.05, 0) is 37.2 Å². The number of benzene rings is 1. The zero-order chi connectivity index (χ0) is 17.9. The lowest BCUT2D eigenvalue weighted by molar-refractivity contribution is -0.146. The molecule has 0 aromatic heterocycles. The SMILES string of the molecule is COC(=O)C(C)(CNC(=O)NC1CC12CCCCC2)c1ccccc1. The van der Waals surface area contributed by atoms with E-state index in [9.17, 15) is 9.59 Å². The van der Waals surface area contributed by atoms with Crippen molar-refractivity contribution in [1.29, 1.82) is 0 Å². The molecule has 2 fully saturated rings. The highest BCUT2D eigenvalue weighted by Gasteiger charge is 2.54. The van der Waals surface area contributed by atoms with Crippen LogP contribution in [0.1, 0.15) is 51.0 Å². The van der Waals surface area contributed by atoms with E-state index in [0.717, 1.165) is 12.0 Å². The maximum atomic E-state index is 12.3. The normalized spacial score (nSPS) is 23.4. The molecule has 3 rings (SSSR count). The number of urea groups is 1. The lowest BCUT2D eigenvalue weighted by Gasteiger charge is -2.28. The molecular formula is C20H28N2O3. The second-order valence-corrected chi connectivity index (χ2v) is 7.70. The Bertz CT molecular complexity index is 625. The van der Waals surface area contributed by atoms with Crippen LogP contribution in [0.5, 0.6) is 0 Å². The highest BCUT2D eigenvalue weighted by Crippen LogP contribution is 2.56. The average molecular weight is 344 g/mol. The van der Waals surface area contributed by atoms with Gasteiger partial charge >= 0.3 is 12.0 Å². The average Bonchev–Trinajstić information content (AvgIpc) is 3.30. The van der Waals surface area contributed by atoms with Crippen molar-refractivity contribution in [2.45, 2.75) is 56.9 Å². The molecule has 5 heteroatoms. The van der Waals surface area contributed by atoms with Crippen LogP contribution in [0.25, 0.3) is 0 Å². The minimum atomic E-state index is -0.903. The van der Waals surface area contributed by atoms with E-state index in [1.165, 1.54) is 39.2 Å². The van der Waals surface area contributed by atoms with Gasteiger partial charge in [-0.3, -0.25) is 4.79 Å². The van der Waals surface area contributed by atoms with Crippen molar-refractivity contribution in [3.63, 3.8) is 0 Å². The Balaban J connectivity index is 1.58. The van der Waals surface area contributed by atoms with Crippen molar-refractivity contribution in [2.75, 3.05) is 13.7 Å². The fourth-order valence-corrected chi connectivity index (χ4v) is 4.15. The van der Waals surface area contributed by atoms with Crippen LogP contribution in [0.2, 0.25) is 0 Å². The highest BCUT2D eigenvalue weighted by molar-refractivity contribution is 5.84. The Morgan fingerprint density at radius 1 is 1.20 bits per heavy atom. The van der Waals surface area contributed by atoms with Gasteiger partial charge in [-0.2, -0.15) is 0 Å². The number of carbonyl (C=O) groups is 2. The second-order valence-electron chi connectivity index (χ2n) is 7.70. The summed E-state index contributed by atoms with van der Waals surface area (Å²) in [5.74, 6) is -0.353. The molecule has 2 atom stereocenters. The first-order chi connectivity index (χ1) is 12.0. The summed E-state index contributed by atoms with van der Waals surface area (Å²) in [4.78, 5) is 24.7. The Morgan fingerprint density at radius 2 is 1.88 bits per heavy atom. The largest absolute Gasteiger partial charge is 0.468 e. The van der Waals surface area contributed by atoms with E-state index in [1.54, 1.807) is 6.92 Å². The van der Waals surface area contributed by atoms with Gasteiger partial charge in [0.1, 0.15) is 5.41 Å². The Labute approximate surface area is 149 Å². The predicted octanol–water partition coefficient (Wildman–Crippen LogP) is 3.14. The quantitative estimate of drug-likeness (QED) is 0.807. The van der Waals surface area contributed by atoms with Crippen molar-refractivity contribution in [3.8, 4) is 0 Å². The smallest absolute Gasteiger partial charge is 0.317 e. The molecule has 0 bridgehead atoms. The second kappa shape index (κ2) is 7.06. The van der Waals surface area contributed by atoms with Gasteiger partial charge in [-0.15, -0.1) is 0 Å². The van der Waals surface area contributed by atoms with E-state index in [-0.39, 0.29) is 24.6 Å². The minimum absolute atomic E-state index is 0.196. The van der Waals surface area contributed by atoms with Crippen molar-refractivity contribution >= 4 is 12.0 Å². The standard InChI is InChI=1S/C20H28N2O3/c1-19(17(23)25-2,15-9-5-3-6-10-15)14-21-18(24)22-16-13-20(16)11-7-4-8-12-20/h3,5-6,9-10,16H,4,7-8,11-14H2,1-2H3,(H2,21,22,24). The summed E-state index contributed by atoms with van der Waals surface area (Å²) in [6.45, 7) is 2.00. The molecule has 2 saturated carbocycles. The van der Waals surface area contributed by atoms with Crippen LogP contribution in [-0.4, -0.2) is 31.7 Å². The maximum Gasteiger partial charge on any atom is 0.317 e. The van der Waals surface area contributed by atoms with E-state index in [4.69, 9.17) is 4.74 Å². The summed E-state index contributed by atoms with van der Waals surface area (Å²) in [5.41, 5.74) is 0.275. The van der Waals surface area contributed by atoms with Crippen LogP contribution >= 0.6 is 0 Å². The molecule has 1 spiro atoms. The van der Waals surface area contributed by atoms with Crippen molar-refractivity contribution < 1.29 is 14.3 Å². The molecule has 1 aromatic rings. The molecule has 2 aliphatic rings. The summed E-state index contributed by atoms with van der Waals surface area (Å²) < 4.78 is 4.97. The number of carbonyl (C=O) groups excluding carboxylic acids is 2. The van der Waals surface area contributed by atoms with Gasteiger partial charge in [0.25, 0.3) is 0 Å². The molecule has 0 saturated heterocycles. The molecule has 2 unspecified atom stereocenters. The van der Waals surface area contributed by atoms with Crippen LogP contribution in [0.3, 0.4) is 0 Å². The molecule has 2 aliphatic carbocycles. The number of ether oxygens (including phenoxy) is 1. The summed E-state index contributed by atoms with van der Waals surface area (Å²) in [5, 5.41) is 5.97. The molecule has 0 aliphatic heterocycles. The highest BCUT2D eigenvalue weighted by atomic mass is 16.5. The molecular weight excluding hydrogens is 316 g/mol. The van der Waals surface area contributed by atoms with Crippen molar-refractivity contribution in [1.82, 2.24) is 10.6 Å². The number of hydrogen-bond donors (Lipinski definition) is 2. The minimum Gasteiger partial charge on any atom is -0.468 e. The third kappa shape index (κ3) is 3.65. The number of methoxy groups -OCH3 is 1. The van der Waals surface area contributed by atoms with Crippen molar-refractivity contribution in [3.05, 3.63) is 35.9 Å². The third-order valence-corrected chi connectivity index (χ3v) is 5.99. The zero-order valence-corrected chi connectivity index (χ0v) is 15.1. The van der Waals surface area contributed by atoms with E-state index in [0.29, 0.717) is 5.41 Å². The first-order valence-corrected chi connectivity index (χ1v) is 9.18. The van der Waals surface area contributed by atoms with E-state index in [2.05, 4.69) is 10.6 Å². The Morgan fingerprint density at radius 3 is 2.52 bits per heavy atom. The Kier molecular flexibility index (Phi) is 5.02.